The van der Waals surface area contributed by atoms with Crippen molar-refractivity contribution < 1.29 is 14.2 Å². The molecule has 0 amide bonds. The van der Waals surface area contributed by atoms with E-state index >= 15 is 0 Å². The second-order valence-electron chi connectivity index (χ2n) is 8.32. The number of benzene rings is 1. The van der Waals surface area contributed by atoms with E-state index in [1.165, 1.54) is 5.56 Å². The van der Waals surface area contributed by atoms with Crippen LogP contribution in [0.2, 0.25) is 0 Å². The quantitative estimate of drug-likeness (QED) is 0.152. The van der Waals surface area contributed by atoms with E-state index in [2.05, 4.69) is 51.7 Å². The molecular formula is C24H44IN5O3. The molecule has 1 saturated heterocycles. The summed E-state index contributed by atoms with van der Waals surface area (Å²) in [6.07, 6.45) is 3.26. The molecule has 0 unspecified atom stereocenters. The van der Waals surface area contributed by atoms with Crippen molar-refractivity contribution in [2.24, 2.45) is 4.99 Å². The van der Waals surface area contributed by atoms with Crippen molar-refractivity contribution in [3.8, 4) is 5.75 Å². The first-order chi connectivity index (χ1) is 15.6. The molecule has 0 atom stereocenters. The van der Waals surface area contributed by atoms with Gasteiger partial charge in [-0.1, -0.05) is 12.1 Å². The summed E-state index contributed by atoms with van der Waals surface area (Å²) >= 11 is 0. The fourth-order valence-electron chi connectivity index (χ4n) is 3.72. The summed E-state index contributed by atoms with van der Waals surface area (Å²) in [6, 6.07) is 8.86. The third kappa shape index (κ3) is 12.8. The number of aliphatic imine (C=N–C) groups is 1. The molecule has 1 fully saturated rings. The molecule has 190 valence electrons. The molecule has 0 bridgehead atoms. The summed E-state index contributed by atoms with van der Waals surface area (Å²) in [6.45, 7) is 7.67. The van der Waals surface area contributed by atoms with Crippen molar-refractivity contribution in [3.63, 3.8) is 0 Å². The Morgan fingerprint density at radius 3 is 2.64 bits per heavy atom. The Hall–Kier alpha value is -1.14. The van der Waals surface area contributed by atoms with E-state index < -0.39 is 0 Å². The molecular weight excluding hydrogens is 533 g/mol. The van der Waals surface area contributed by atoms with E-state index in [0.717, 1.165) is 77.0 Å². The highest BCUT2D eigenvalue weighted by atomic mass is 127. The Balaban J connectivity index is 0.00000544. The number of ether oxygens (including phenoxy) is 3. The van der Waals surface area contributed by atoms with Gasteiger partial charge in [0.15, 0.2) is 5.96 Å². The molecule has 8 nitrogen and oxygen atoms in total. The minimum atomic E-state index is 0. The Morgan fingerprint density at radius 1 is 1.12 bits per heavy atom. The van der Waals surface area contributed by atoms with Crippen molar-refractivity contribution >= 4 is 29.9 Å². The van der Waals surface area contributed by atoms with Gasteiger partial charge in [-0.15, -0.1) is 24.0 Å². The lowest BCUT2D eigenvalue weighted by atomic mass is 10.1. The van der Waals surface area contributed by atoms with E-state index in [-0.39, 0.29) is 24.0 Å². The second kappa shape index (κ2) is 18.2. The molecule has 33 heavy (non-hydrogen) atoms. The molecule has 2 N–H and O–H groups in total. The first-order valence-electron chi connectivity index (χ1n) is 11.7. The Morgan fingerprint density at radius 2 is 1.91 bits per heavy atom. The lowest BCUT2D eigenvalue weighted by molar-refractivity contribution is 0.0392. The Bertz CT molecular complexity index is 659. The standard InChI is InChI=1S/C24H43N5O3.HI/c1-25-24(26-11-13-28(2)12-6-15-30-4)27-20-21-7-5-8-23(19-21)32-18-14-29(3)22-9-16-31-17-10-22;/h5,7-8,19,22H,6,9-18,20H2,1-4H3,(H2,25,26,27);1H. The van der Waals surface area contributed by atoms with Crippen LogP contribution in [0.1, 0.15) is 24.8 Å². The number of hydrogen-bond acceptors (Lipinski definition) is 6. The van der Waals surface area contributed by atoms with Crippen LogP contribution < -0.4 is 15.4 Å². The zero-order valence-corrected chi connectivity index (χ0v) is 23.2. The molecule has 0 radical (unpaired) electrons. The topological polar surface area (TPSA) is 70.6 Å². The summed E-state index contributed by atoms with van der Waals surface area (Å²) in [5.41, 5.74) is 1.17. The molecule has 9 heteroatoms. The number of guanidine groups is 1. The van der Waals surface area contributed by atoms with Crippen LogP contribution in [0.3, 0.4) is 0 Å². The van der Waals surface area contributed by atoms with Crippen LogP contribution in [0.25, 0.3) is 0 Å². The minimum Gasteiger partial charge on any atom is -0.492 e. The molecule has 0 saturated carbocycles. The molecule has 1 aliphatic rings. The predicted octanol–water partition coefficient (Wildman–Crippen LogP) is 2.43. The fraction of sp³-hybridized carbons (Fsp3) is 0.708. The molecule has 0 spiro atoms. The van der Waals surface area contributed by atoms with Gasteiger partial charge < -0.3 is 29.7 Å². The highest BCUT2D eigenvalue weighted by Gasteiger charge is 2.17. The zero-order valence-electron chi connectivity index (χ0n) is 20.8. The summed E-state index contributed by atoms with van der Waals surface area (Å²) in [5.74, 6) is 1.71. The molecule has 2 rings (SSSR count). The van der Waals surface area contributed by atoms with Gasteiger partial charge in [-0.3, -0.25) is 9.89 Å². The third-order valence-electron chi connectivity index (χ3n) is 5.78. The summed E-state index contributed by atoms with van der Waals surface area (Å²) in [5, 5.41) is 6.75. The van der Waals surface area contributed by atoms with Crippen LogP contribution >= 0.6 is 24.0 Å². The van der Waals surface area contributed by atoms with Crippen molar-refractivity contribution in [2.75, 3.05) is 80.9 Å². The molecule has 1 aromatic carbocycles. The average molecular weight is 578 g/mol. The van der Waals surface area contributed by atoms with E-state index in [4.69, 9.17) is 14.2 Å². The first-order valence-corrected chi connectivity index (χ1v) is 11.7. The highest BCUT2D eigenvalue weighted by Crippen LogP contribution is 2.15. The van der Waals surface area contributed by atoms with Gasteiger partial charge in [-0.05, 0) is 51.1 Å². The summed E-state index contributed by atoms with van der Waals surface area (Å²) in [4.78, 5) is 9.00. The maximum Gasteiger partial charge on any atom is 0.191 e. The zero-order chi connectivity index (χ0) is 23.0. The SMILES string of the molecule is CN=C(NCCN(C)CCCOC)NCc1cccc(OCCN(C)C2CCOCC2)c1.I. The largest absolute Gasteiger partial charge is 0.492 e. The van der Waals surface area contributed by atoms with Crippen molar-refractivity contribution in [2.45, 2.75) is 31.8 Å². The van der Waals surface area contributed by atoms with E-state index in [1.807, 2.05) is 12.1 Å². The maximum absolute atomic E-state index is 6.01. The number of rotatable bonds is 14. The number of nitrogens with one attached hydrogen (secondary N) is 2. The van der Waals surface area contributed by atoms with Gasteiger partial charge in [-0.25, -0.2) is 0 Å². The minimum absolute atomic E-state index is 0. The van der Waals surface area contributed by atoms with Gasteiger partial charge in [0.1, 0.15) is 12.4 Å². The van der Waals surface area contributed by atoms with Gasteiger partial charge in [0.2, 0.25) is 0 Å². The average Bonchev–Trinajstić information content (AvgIpc) is 2.82. The Labute approximate surface area is 217 Å². The molecule has 0 aromatic heterocycles. The van der Waals surface area contributed by atoms with Crippen LogP contribution in [-0.2, 0) is 16.0 Å². The molecule has 0 aliphatic carbocycles. The summed E-state index contributed by atoms with van der Waals surface area (Å²) < 4.78 is 16.6. The first kappa shape index (κ1) is 29.9. The highest BCUT2D eigenvalue weighted by molar-refractivity contribution is 14.0. The Kier molecular flexibility index (Phi) is 16.5. The van der Waals surface area contributed by atoms with Gasteiger partial charge in [-0.2, -0.15) is 0 Å². The summed E-state index contributed by atoms with van der Waals surface area (Å²) in [7, 11) is 7.84. The molecule has 1 heterocycles. The lowest BCUT2D eigenvalue weighted by Crippen LogP contribution is -2.40. The van der Waals surface area contributed by atoms with Gasteiger partial charge in [0.25, 0.3) is 0 Å². The van der Waals surface area contributed by atoms with E-state index in [1.54, 1.807) is 14.2 Å². The second-order valence-corrected chi connectivity index (χ2v) is 8.32. The fourth-order valence-corrected chi connectivity index (χ4v) is 3.72. The third-order valence-corrected chi connectivity index (χ3v) is 5.78. The number of hydrogen-bond donors (Lipinski definition) is 2. The molecule has 1 aliphatic heterocycles. The van der Waals surface area contributed by atoms with Gasteiger partial charge in [0.05, 0.1) is 0 Å². The number of likely N-dealkylation sites (N-methyl/N-ethyl adjacent to an activating group) is 2. The van der Waals surface area contributed by atoms with Crippen LogP contribution in [-0.4, -0.2) is 103 Å². The van der Waals surface area contributed by atoms with Crippen molar-refractivity contribution in [3.05, 3.63) is 29.8 Å². The van der Waals surface area contributed by atoms with Gasteiger partial charge >= 0.3 is 0 Å². The normalized spacial score (nSPS) is 14.9. The van der Waals surface area contributed by atoms with Gasteiger partial charge in [0, 0.05) is 72.7 Å². The monoisotopic (exact) mass is 577 g/mol. The van der Waals surface area contributed by atoms with Crippen LogP contribution in [0.4, 0.5) is 0 Å². The van der Waals surface area contributed by atoms with E-state index in [0.29, 0.717) is 19.2 Å². The number of halogens is 1. The maximum atomic E-state index is 6.01. The smallest absolute Gasteiger partial charge is 0.191 e. The molecule has 1 aromatic rings. The number of nitrogens with zero attached hydrogens (tertiary/aromatic N) is 3. The lowest BCUT2D eigenvalue weighted by Gasteiger charge is -2.31. The number of methoxy groups -OCH3 is 1. The van der Waals surface area contributed by atoms with Crippen molar-refractivity contribution in [1.82, 2.24) is 20.4 Å². The van der Waals surface area contributed by atoms with Crippen LogP contribution in [0.5, 0.6) is 5.75 Å². The predicted molar refractivity (Wildman–Crippen MR) is 146 cm³/mol. The van der Waals surface area contributed by atoms with Crippen LogP contribution in [0, 0.1) is 0 Å². The van der Waals surface area contributed by atoms with E-state index in [9.17, 15) is 0 Å². The van der Waals surface area contributed by atoms with Crippen LogP contribution in [0.15, 0.2) is 29.3 Å². The van der Waals surface area contributed by atoms with Crippen molar-refractivity contribution in [1.29, 1.82) is 0 Å².